The maximum absolute atomic E-state index is 12.1. The largest absolute Gasteiger partial charge is 0.388 e. The molecule has 0 aromatic heterocycles. The minimum Gasteiger partial charge on any atom is -0.388 e. The molecule has 1 atom stereocenters. The molecule has 1 amide bonds. The molecule has 2 aromatic carbocycles. The van der Waals surface area contributed by atoms with Crippen molar-refractivity contribution in [3.63, 3.8) is 0 Å². The van der Waals surface area contributed by atoms with Crippen LogP contribution in [0.5, 0.6) is 0 Å². The molecule has 2 N–H and O–H groups in total. The van der Waals surface area contributed by atoms with Crippen LogP contribution in [0.3, 0.4) is 0 Å². The molecule has 0 aliphatic carbocycles. The van der Waals surface area contributed by atoms with Gasteiger partial charge in [0.15, 0.2) is 0 Å². The Kier molecular flexibility index (Phi) is 5.12. The predicted octanol–water partition coefficient (Wildman–Crippen LogP) is 3.87. The molecule has 0 fully saturated rings. The van der Waals surface area contributed by atoms with E-state index >= 15 is 0 Å². The van der Waals surface area contributed by atoms with E-state index in [0.717, 1.165) is 16.8 Å². The van der Waals surface area contributed by atoms with Gasteiger partial charge in [0.2, 0.25) is 5.91 Å². The second-order valence-electron chi connectivity index (χ2n) is 5.42. The molecule has 0 spiro atoms. The number of para-hydroxylation sites is 1. The summed E-state index contributed by atoms with van der Waals surface area (Å²) in [6, 6.07) is 17.0. The van der Waals surface area contributed by atoms with Gasteiger partial charge in [-0.25, -0.2) is 0 Å². The van der Waals surface area contributed by atoms with Gasteiger partial charge in [0.25, 0.3) is 0 Å². The fraction of sp³-hybridized carbons (Fsp3) is 0.278. The number of nitrogens with one attached hydrogen (secondary N) is 1. The number of carbonyl (C=O) groups is 1. The summed E-state index contributed by atoms with van der Waals surface area (Å²) in [6.45, 7) is 4.17. The number of aliphatic hydroxyl groups excluding tert-OH is 1. The maximum atomic E-state index is 12.1. The van der Waals surface area contributed by atoms with Crippen molar-refractivity contribution in [1.82, 2.24) is 0 Å². The van der Waals surface area contributed by atoms with Crippen molar-refractivity contribution in [2.24, 2.45) is 0 Å². The van der Waals surface area contributed by atoms with E-state index in [1.165, 1.54) is 0 Å². The van der Waals surface area contributed by atoms with Crippen LogP contribution in [0.2, 0.25) is 0 Å². The van der Waals surface area contributed by atoms with Crippen molar-refractivity contribution in [2.75, 3.05) is 5.32 Å². The highest BCUT2D eigenvalue weighted by atomic mass is 16.3. The standard InChI is InChI=1S/C18H21NO2/c1-13(2)15-10-6-7-11-16(15)19-18(21)12-17(20)14-8-4-3-5-9-14/h3-11,13,17,20H,12H2,1-2H3,(H,19,21). The third-order valence-electron chi connectivity index (χ3n) is 3.42. The summed E-state index contributed by atoms with van der Waals surface area (Å²) < 4.78 is 0. The first-order valence-corrected chi connectivity index (χ1v) is 7.19. The number of rotatable bonds is 5. The Morgan fingerprint density at radius 1 is 1.05 bits per heavy atom. The Labute approximate surface area is 125 Å². The van der Waals surface area contributed by atoms with Gasteiger partial charge in [-0.3, -0.25) is 4.79 Å². The Hall–Kier alpha value is -2.13. The van der Waals surface area contributed by atoms with Gasteiger partial charge in [0.1, 0.15) is 0 Å². The molecule has 3 heteroatoms. The molecule has 2 rings (SSSR count). The highest BCUT2D eigenvalue weighted by molar-refractivity contribution is 5.92. The topological polar surface area (TPSA) is 49.3 Å². The zero-order valence-corrected chi connectivity index (χ0v) is 12.4. The smallest absolute Gasteiger partial charge is 0.227 e. The van der Waals surface area contributed by atoms with E-state index in [-0.39, 0.29) is 12.3 Å². The van der Waals surface area contributed by atoms with Crippen LogP contribution in [0.4, 0.5) is 5.69 Å². The van der Waals surface area contributed by atoms with Crippen molar-refractivity contribution in [1.29, 1.82) is 0 Å². The number of benzene rings is 2. The van der Waals surface area contributed by atoms with E-state index in [4.69, 9.17) is 0 Å². The van der Waals surface area contributed by atoms with Gasteiger partial charge in [0.05, 0.1) is 12.5 Å². The van der Waals surface area contributed by atoms with E-state index in [0.29, 0.717) is 5.92 Å². The molecule has 110 valence electrons. The van der Waals surface area contributed by atoms with Crippen molar-refractivity contribution in [2.45, 2.75) is 32.3 Å². The van der Waals surface area contributed by atoms with Crippen LogP contribution in [-0.2, 0) is 4.79 Å². The highest BCUT2D eigenvalue weighted by Gasteiger charge is 2.14. The molecule has 0 saturated carbocycles. The van der Waals surface area contributed by atoms with Crippen LogP contribution in [0.25, 0.3) is 0 Å². The zero-order valence-electron chi connectivity index (χ0n) is 12.4. The van der Waals surface area contributed by atoms with Gasteiger partial charge in [-0.1, -0.05) is 62.4 Å². The first kappa shape index (κ1) is 15.3. The molecule has 0 aliphatic heterocycles. The molecular weight excluding hydrogens is 262 g/mol. The monoisotopic (exact) mass is 283 g/mol. The van der Waals surface area contributed by atoms with Crippen LogP contribution >= 0.6 is 0 Å². The zero-order chi connectivity index (χ0) is 15.2. The van der Waals surface area contributed by atoms with Gasteiger partial charge < -0.3 is 10.4 Å². The van der Waals surface area contributed by atoms with Crippen LogP contribution in [0.15, 0.2) is 54.6 Å². The quantitative estimate of drug-likeness (QED) is 0.875. The lowest BCUT2D eigenvalue weighted by atomic mass is 10.0. The molecule has 2 aromatic rings. The number of carbonyl (C=O) groups excluding carboxylic acids is 1. The fourth-order valence-electron chi connectivity index (χ4n) is 2.28. The number of anilines is 1. The average molecular weight is 283 g/mol. The molecule has 0 saturated heterocycles. The van der Waals surface area contributed by atoms with Gasteiger partial charge in [-0.2, -0.15) is 0 Å². The molecule has 0 aliphatic rings. The molecule has 1 unspecified atom stereocenters. The molecule has 0 bridgehead atoms. The average Bonchev–Trinajstić information content (AvgIpc) is 2.48. The highest BCUT2D eigenvalue weighted by Crippen LogP contribution is 2.24. The summed E-state index contributed by atoms with van der Waals surface area (Å²) in [5, 5.41) is 13.0. The fourth-order valence-corrected chi connectivity index (χ4v) is 2.28. The minimum absolute atomic E-state index is 0.0520. The lowest BCUT2D eigenvalue weighted by Gasteiger charge is -2.15. The second kappa shape index (κ2) is 7.04. The molecule has 0 heterocycles. The molecule has 21 heavy (non-hydrogen) atoms. The van der Waals surface area contributed by atoms with E-state index in [1.807, 2.05) is 54.6 Å². The number of hydrogen-bond donors (Lipinski definition) is 2. The first-order chi connectivity index (χ1) is 10.1. The van der Waals surface area contributed by atoms with E-state index in [2.05, 4.69) is 19.2 Å². The summed E-state index contributed by atoms with van der Waals surface area (Å²) in [7, 11) is 0. The first-order valence-electron chi connectivity index (χ1n) is 7.19. The maximum Gasteiger partial charge on any atom is 0.227 e. The van der Waals surface area contributed by atoms with Gasteiger partial charge >= 0.3 is 0 Å². The SMILES string of the molecule is CC(C)c1ccccc1NC(=O)CC(O)c1ccccc1. The molecular formula is C18H21NO2. The molecule has 0 radical (unpaired) electrons. The third-order valence-corrected chi connectivity index (χ3v) is 3.42. The van der Waals surface area contributed by atoms with Crippen molar-refractivity contribution in [3.05, 3.63) is 65.7 Å². The van der Waals surface area contributed by atoms with Crippen LogP contribution in [0.1, 0.15) is 43.4 Å². The van der Waals surface area contributed by atoms with E-state index in [1.54, 1.807) is 0 Å². The number of amides is 1. The van der Waals surface area contributed by atoms with Crippen molar-refractivity contribution in [3.8, 4) is 0 Å². The normalized spacial score (nSPS) is 12.2. The minimum atomic E-state index is -0.780. The Morgan fingerprint density at radius 3 is 2.33 bits per heavy atom. The van der Waals surface area contributed by atoms with Crippen LogP contribution in [-0.4, -0.2) is 11.0 Å². The van der Waals surface area contributed by atoms with Crippen LogP contribution < -0.4 is 5.32 Å². The second-order valence-corrected chi connectivity index (χ2v) is 5.42. The summed E-state index contributed by atoms with van der Waals surface area (Å²) in [6.07, 6.45) is -0.728. The van der Waals surface area contributed by atoms with Gasteiger partial charge in [-0.15, -0.1) is 0 Å². The predicted molar refractivity (Wildman–Crippen MR) is 85.2 cm³/mol. The van der Waals surface area contributed by atoms with Gasteiger partial charge in [-0.05, 0) is 23.1 Å². The Morgan fingerprint density at radius 2 is 1.67 bits per heavy atom. The third kappa shape index (κ3) is 4.17. The summed E-state index contributed by atoms with van der Waals surface area (Å²) in [4.78, 5) is 12.1. The van der Waals surface area contributed by atoms with E-state index < -0.39 is 6.10 Å². The Bertz CT molecular complexity index is 593. The van der Waals surface area contributed by atoms with Crippen molar-refractivity contribution >= 4 is 11.6 Å². The summed E-state index contributed by atoms with van der Waals surface area (Å²) >= 11 is 0. The summed E-state index contributed by atoms with van der Waals surface area (Å²) in [5.41, 5.74) is 2.67. The number of aliphatic hydroxyl groups is 1. The molecule has 3 nitrogen and oxygen atoms in total. The Balaban J connectivity index is 2.02. The van der Waals surface area contributed by atoms with Crippen molar-refractivity contribution < 1.29 is 9.90 Å². The lowest BCUT2D eigenvalue weighted by molar-refractivity contribution is -0.118. The van der Waals surface area contributed by atoms with E-state index in [9.17, 15) is 9.90 Å². The number of hydrogen-bond acceptors (Lipinski definition) is 2. The summed E-state index contributed by atoms with van der Waals surface area (Å²) in [5.74, 6) is 0.153. The van der Waals surface area contributed by atoms with Crippen LogP contribution in [0, 0.1) is 0 Å². The van der Waals surface area contributed by atoms with Gasteiger partial charge in [0, 0.05) is 5.69 Å². The lowest BCUT2D eigenvalue weighted by Crippen LogP contribution is -2.16.